The normalized spacial score (nSPS) is 19.6. The molecule has 0 aliphatic carbocycles. The first-order valence-electron chi connectivity index (χ1n) is 5.95. The second-order valence-electron chi connectivity index (χ2n) is 4.55. The maximum absolute atomic E-state index is 12.2. The standard InChI is InChI=1S/C13H16N2O3/c14-11-5-1-3-9(7-11)12(16)15-6-2-4-10(8-15)13(17)18/h1,3,5,7,10H,2,4,6,8,14H2,(H,17,18). The van der Waals surface area contributed by atoms with Crippen LogP contribution in [0.5, 0.6) is 0 Å². The molecule has 2 rings (SSSR count). The number of rotatable bonds is 2. The molecule has 5 nitrogen and oxygen atoms in total. The number of anilines is 1. The van der Waals surface area contributed by atoms with Gasteiger partial charge in [0.05, 0.1) is 5.92 Å². The quantitative estimate of drug-likeness (QED) is 0.770. The van der Waals surface area contributed by atoms with Crippen molar-refractivity contribution < 1.29 is 14.7 Å². The number of carbonyl (C=O) groups excluding carboxylic acids is 1. The first kappa shape index (κ1) is 12.4. The minimum Gasteiger partial charge on any atom is -0.481 e. The van der Waals surface area contributed by atoms with Gasteiger partial charge in [0.15, 0.2) is 0 Å². The highest BCUT2D eigenvalue weighted by Crippen LogP contribution is 2.19. The van der Waals surface area contributed by atoms with E-state index in [0.717, 1.165) is 6.42 Å². The fourth-order valence-electron chi connectivity index (χ4n) is 2.22. The summed E-state index contributed by atoms with van der Waals surface area (Å²) in [4.78, 5) is 24.7. The average Bonchev–Trinajstić information content (AvgIpc) is 2.38. The zero-order valence-corrected chi connectivity index (χ0v) is 10.0. The molecule has 1 aromatic carbocycles. The van der Waals surface area contributed by atoms with Crippen molar-refractivity contribution in [1.82, 2.24) is 4.90 Å². The molecule has 1 saturated heterocycles. The van der Waals surface area contributed by atoms with Gasteiger partial charge in [0.2, 0.25) is 0 Å². The number of nitrogen functional groups attached to an aromatic ring is 1. The zero-order valence-electron chi connectivity index (χ0n) is 10.0. The van der Waals surface area contributed by atoms with Gasteiger partial charge in [-0.05, 0) is 31.0 Å². The Morgan fingerprint density at radius 3 is 2.83 bits per heavy atom. The van der Waals surface area contributed by atoms with E-state index < -0.39 is 11.9 Å². The summed E-state index contributed by atoms with van der Waals surface area (Å²) in [5.74, 6) is -1.43. The lowest BCUT2D eigenvalue weighted by Crippen LogP contribution is -2.42. The third-order valence-corrected chi connectivity index (χ3v) is 3.19. The van der Waals surface area contributed by atoms with Crippen LogP contribution in [0.4, 0.5) is 5.69 Å². The molecule has 0 radical (unpaired) electrons. The number of benzene rings is 1. The maximum Gasteiger partial charge on any atom is 0.308 e. The van der Waals surface area contributed by atoms with Crippen molar-refractivity contribution in [2.45, 2.75) is 12.8 Å². The van der Waals surface area contributed by atoms with Gasteiger partial charge in [0, 0.05) is 24.3 Å². The van der Waals surface area contributed by atoms with E-state index in [1.165, 1.54) is 0 Å². The molecule has 0 spiro atoms. The zero-order chi connectivity index (χ0) is 13.1. The summed E-state index contributed by atoms with van der Waals surface area (Å²) in [6, 6.07) is 6.75. The number of likely N-dealkylation sites (tertiary alicyclic amines) is 1. The van der Waals surface area contributed by atoms with Crippen molar-refractivity contribution in [1.29, 1.82) is 0 Å². The number of carbonyl (C=O) groups is 2. The summed E-state index contributed by atoms with van der Waals surface area (Å²) in [6.45, 7) is 0.889. The molecule has 1 amide bonds. The topological polar surface area (TPSA) is 83.6 Å². The molecule has 1 aliphatic heterocycles. The Morgan fingerprint density at radius 2 is 2.17 bits per heavy atom. The summed E-state index contributed by atoms with van der Waals surface area (Å²) in [5, 5.41) is 8.99. The van der Waals surface area contributed by atoms with Crippen LogP contribution in [0.3, 0.4) is 0 Å². The molecule has 1 unspecified atom stereocenters. The van der Waals surface area contributed by atoms with Gasteiger partial charge in [0.25, 0.3) is 5.91 Å². The number of piperidine rings is 1. The minimum atomic E-state index is -0.833. The fraction of sp³-hybridized carbons (Fsp3) is 0.385. The van der Waals surface area contributed by atoms with Crippen LogP contribution in [-0.4, -0.2) is 35.0 Å². The van der Waals surface area contributed by atoms with Crippen molar-refractivity contribution in [2.24, 2.45) is 5.92 Å². The minimum absolute atomic E-state index is 0.145. The second kappa shape index (κ2) is 5.08. The molecule has 18 heavy (non-hydrogen) atoms. The Morgan fingerprint density at radius 1 is 1.39 bits per heavy atom. The van der Waals surface area contributed by atoms with Crippen LogP contribution in [0.1, 0.15) is 23.2 Å². The van der Waals surface area contributed by atoms with E-state index in [1.807, 2.05) is 0 Å². The SMILES string of the molecule is Nc1cccc(C(=O)N2CCCC(C(=O)O)C2)c1. The summed E-state index contributed by atoms with van der Waals surface area (Å²) < 4.78 is 0. The highest BCUT2D eigenvalue weighted by Gasteiger charge is 2.28. The van der Waals surface area contributed by atoms with Crippen LogP contribution in [0.25, 0.3) is 0 Å². The van der Waals surface area contributed by atoms with E-state index in [-0.39, 0.29) is 12.5 Å². The highest BCUT2D eigenvalue weighted by atomic mass is 16.4. The summed E-state index contributed by atoms with van der Waals surface area (Å²) >= 11 is 0. The molecule has 5 heteroatoms. The molecule has 1 heterocycles. The predicted octanol–water partition coefficient (Wildman–Crippen LogP) is 1.21. The lowest BCUT2D eigenvalue weighted by atomic mass is 9.97. The molecule has 0 saturated carbocycles. The van der Waals surface area contributed by atoms with Crippen molar-refractivity contribution in [3.05, 3.63) is 29.8 Å². The Bertz CT molecular complexity index is 473. The van der Waals surface area contributed by atoms with Gasteiger partial charge in [-0.15, -0.1) is 0 Å². The van der Waals surface area contributed by atoms with Crippen molar-refractivity contribution in [3.8, 4) is 0 Å². The molecule has 96 valence electrons. The van der Waals surface area contributed by atoms with Crippen LogP contribution in [0, 0.1) is 5.92 Å². The van der Waals surface area contributed by atoms with Gasteiger partial charge < -0.3 is 15.7 Å². The Labute approximate surface area is 105 Å². The first-order chi connectivity index (χ1) is 8.58. The molecular formula is C13H16N2O3. The van der Waals surface area contributed by atoms with E-state index in [9.17, 15) is 9.59 Å². The van der Waals surface area contributed by atoms with Gasteiger partial charge in [-0.25, -0.2) is 0 Å². The largest absolute Gasteiger partial charge is 0.481 e. The van der Waals surface area contributed by atoms with Gasteiger partial charge >= 0.3 is 5.97 Å². The lowest BCUT2D eigenvalue weighted by molar-refractivity contribution is -0.143. The molecule has 1 atom stereocenters. The molecule has 1 aromatic rings. The van der Waals surface area contributed by atoms with Crippen LogP contribution in [-0.2, 0) is 4.79 Å². The number of aliphatic carboxylic acids is 1. The molecule has 0 aromatic heterocycles. The number of amides is 1. The fourth-order valence-corrected chi connectivity index (χ4v) is 2.22. The number of carboxylic acid groups (broad SMARTS) is 1. The van der Waals surface area contributed by atoms with Gasteiger partial charge in [0.1, 0.15) is 0 Å². The lowest BCUT2D eigenvalue weighted by Gasteiger charge is -2.30. The number of nitrogens with zero attached hydrogens (tertiary/aromatic N) is 1. The Balaban J connectivity index is 2.11. The van der Waals surface area contributed by atoms with Gasteiger partial charge in [-0.2, -0.15) is 0 Å². The third-order valence-electron chi connectivity index (χ3n) is 3.19. The van der Waals surface area contributed by atoms with E-state index in [1.54, 1.807) is 29.2 Å². The smallest absolute Gasteiger partial charge is 0.308 e. The van der Waals surface area contributed by atoms with Crippen molar-refractivity contribution >= 4 is 17.6 Å². The van der Waals surface area contributed by atoms with Crippen LogP contribution in [0.2, 0.25) is 0 Å². The monoisotopic (exact) mass is 248 g/mol. The van der Waals surface area contributed by atoms with E-state index in [2.05, 4.69) is 0 Å². The van der Waals surface area contributed by atoms with Crippen molar-refractivity contribution in [3.63, 3.8) is 0 Å². The average molecular weight is 248 g/mol. The van der Waals surface area contributed by atoms with E-state index in [4.69, 9.17) is 10.8 Å². The van der Waals surface area contributed by atoms with Crippen LogP contribution < -0.4 is 5.73 Å². The highest BCUT2D eigenvalue weighted by molar-refractivity contribution is 5.95. The summed E-state index contributed by atoms with van der Waals surface area (Å²) in [6.07, 6.45) is 1.36. The Kier molecular flexibility index (Phi) is 3.50. The summed E-state index contributed by atoms with van der Waals surface area (Å²) in [5.41, 5.74) is 6.69. The third kappa shape index (κ3) is 2.61. The Hall–Kier alpha value is -2.04. The number of hydrogen-bond acceptors (Lipinski definition) is 3. The maximum atomic E-state index is 12.2. The van der Waals surface area contributed by atoms with E-state index >= 15 is 0 Å². The van der Waals surface area contributed by atoms with Gasteiger partial charge in [-0.3, -0.25) is 9.59 Å². The number of carboxylic acids is 1. The predicted molar refractivity (Wildman–Crippen MR) is 67.1 cm³/mol. The van der Waals surface area contributed by atoms with Crippen LogP contribution >= 0.6 is 0 Å². The van der Waals surface area contributed by atoms with Crippen molar-refractivity contribution in [2.75, 3.05) is 18.8 Å². The molecule has 1 fully saturated rings. The number of hydrogen-bond donors (Lipinski definition) is 2. The van der Waals surface area contributed by atoms with E-state index in [0.29, 0.717) is 24.2 Å². The second-order valence-corrected chi connectivity index (χ2v) is 4.55. The molecule has 3 N–H and O–H groups in total. The summed E-state index contributed by atoms with van der Waals surface area (Å²) in [7, 11) is 0. The molecule has 0 bridgehead atoms. The molecular weight excluding hydrogens is 232 g/mol. The first-order valence-corrected chi connectivity index (χ1v) is 5.95. The molecule has 1 aliphatic rings. The van der Waals surface area contributed by atoms with Gasteiger partial charge in [-0.1, -0.05) is 6.07 Å². The van der Waals surface area contributed by atoms with Crippen LogP contribution in [0.15, 0.2) is 24.3 Å². The number of nitrogens with two attached hydrogens (primary N) is 1.